The van der Waals surface area contributed by atoms with Gasteiger partial charge in [-0.15, -0.1) is 0 Å². The molecule has 3 heterocycles. The molecule has 0 fully saturated rings. The minimum atomic E-state index is 1.13. The van der Waals surface area contributed by atoms with Crippen molar-refractivity contribution in [3.63, 3.8) is 0 Å². The normalized spacial score (nSPS) is 11.8. The Morgan fingerprint density at radius 3 is 1.26 bits per heavy atom. The van der Waals surface area contributed by atoms with Crippen molar-refractivity contribution in [3.05, 3.63) is 261 Å². The zero-order valence-corrected chi connectivity index (χ0v) is 37.7. The second-order valence-electron chi connectivity index (χ2n) is 18.0. The fourth-order valence-corrected chi connectivity index (χ4v) is 11.3. The third kappa shape index (κ3) is 6.01. The van der Waals surface area contributed by atoms with Crippen molar-refractivity contribution in [2.24, 2.45) is 0 Å². The first-order chi connectivity index (χ1) is 34.3. The summed E-state index contributed by atoms with van der Waals surface area (Å²) in [4.78, 5) is 0. The molecule has 322 valence electrons. The molecule has 3 nitrogen and oxygen atoms in total. The second kappa shape index (κ2) is 15.7. The number of rotatable bonds is 7. The van der Waals surface area contributed by atoms with E-state index in [0.29, 0.717) is 0 Å². The lowest BCUT2D eigenvalue weighted by atomic mass is 9.95. The highest BCUT2D eigenvalue weighted by Crippen LogP contribution is 2.46. The molecule has 0 spiro atoms. The summed E-state index contributed by atoms with van der Waals surface area (Å²) in [5.74, 6) is 0. The Hall–Kier alpha value is -9.18. The molecule has 0 aliphatic rings. The van der Waals surface area contributed by atoms with Crippen molar-refractivity contribution in [3.8, 4) is 61.6 Å². The molecule has 0 saturated heterocycles. The van der Waals surface area contributed by atoms with Gasteiger partial charge in [0, 0.05) is 54.6 Å². The average Bonchev–Trinajstić information content (AvgIpc) is 4.07. The molecule has 0 aliphatic heterocycles. The Labute approximate surface area is 399 Å². The number of aromatic nitrogens is 3. The molecule has 0 aliphatic carbocycles. The van der Waals surface area contributed by atoms with Gasteiger partial charge in [0.05, 0.1) is 50.2 Å². The highest BCUT2D eigenvalue weighted by atomic mass is 15.0. The van der Waals surface area contributed by atoms with Crippen LogP contribution in [0.4, 0.5) is 0 Å². The summed E-state index contributed by atoms with van der Waals surface area (Å²) in [5.41, 5.74) is 20.0. The summed E-state index contributed by atoms with van der Waals surface area (Å²) >= 11 is 0. The molecule has 69 heavy (non-hydrogen) atoms. The molecule has 0 radical (unpaired) electrons. The molecule has 0 atom stereocenters. The van der Waals surface area contributed by atoms with Crippen molar-refractivity contribution in [2.75, 3.05) is 0 Å². The van der Waals surface area contributed by atoms with Gasteiger partial charge in [0.25, 0.3) is 0 Å². The van der Waals surface area contributed by atoms with Crippen molar-refractivity contribution in [2.45, 2.75) is 0 Å². The predicted octanol–water partition coefficient (Wildman–Crippen LogP) is 17.6. The van der Waals surface area contributed by atoms with Gasteiger partial charge in [0.15, 0.2) is 0 Å². The molecule has 0 N–H and O–H groups in total. The van der Waals surface area contributed by atoms with E-state index in [1.807, 2.05) is 0 Å². The molecule has 14 rings (SSSR count). The topological polar surface area (TPSA) is 14.8 Å². The molecule has 0 amide bonds. The Bertz CT molecular complexity index is 4230. The third-order valence-corrected chi connectivity index (χ3v) is 14.3. The molecular formula is C66H43N3. The summed E-state index contributed by atoms with van der Waals surface area (Å²) in [5, 5.41) is 7.37. The van der Waals surface area contributed by atoms with E-state index in [0.717, 1.165) is 33.5 Å². The molecular weight excluding hydrogens is 835 g/mol. The molecule has 3 aromatic heterocycles. The quantitative estimate of drug-likeness (QED) is 0.152. The average molecular weight is 878 g/mol. The molecule has 0 saturated carbocycles. The first-order valence-corrected chi connectivity index (χ1v) is 23.8. The maximum Gasteiger partial charge on any atom is 0.0641 e. The molecule has 0 bridgehead atoms. The van der Waals surface area contributed by atoms with E-state index in [1.54, 1.807) is 0 Å². The molecule has 11 aromatic carbocycles. The van der Waals surface area contributed by atoms with Gasteiger partial charge in [-0.3, -0.25) is 0 Å². The van der Waals surface area contributed by atoms with Crippen molar-refractivity contribution < 1.29 is 0 Å². The lowest BCUT2D eigenvalue weighted by molar-refractivity contribution is 1.17. The maximum atomic E-state index is 2.52. The second-order valence-corrected chi connectivity index (χ2v) is 18.0. The number of hydrogen-bond acceptors (Lipinski definition) is 0. The van der Waals surface area contributed by atoms with Gasteiger partial charge in [-0.2, -0.15) is 0 Å². The maximum absolute atomic E-state index is 2.52. The highest BCUT2D eigenvalue weighted by molar-refractivity contribution is 6.26. The molecule has 14 aromatic rings. The van der Waals surface area contributed by atoms with Crippen LogP contribution in [0.3, 0.4) is 0 Å². The highest BCUT2D eigenvalue weighted by Gasteiger charge is 2.25. The van der Waals surface area contributed by atoms with Crippen LogP contribution in [0.15, 0.2) is 261 Å². The number of nitrogens with zero attached hydrogens (tertiary/aromatic N) is 3. The van der Waals surface area contributed by atoms with Crippen molar-refractivity contribution in [1.82, 2.24) is 13.7 Å². The minimum Gasteiger partial charge on any atom is -0.309 e. The van der Waals surface area contributed by atoms with E-state index in [2.05, 4.69) is 275 Å². The van der Waals surface area contributed by atoms with Crippen molar-refractivity contribution >= 4 is 65.4 Å². The van der Waals surface area contributed by atoms with Gasteiger partial charge in [-0.05, 0) is 64.7 Å². The smallest absolute Gasteiger partial charge is 0.0641 e. The van der Waals surface area contributed by atoms with E-state index >= 15 is 0 Å². The summed E-state index contributed by atoms with van der Waals surface area (Å²) in [6.45, 7) is 0. The summed E-state index contributed by atoms with van der Waals surface area (Å²) in [6.07, 6.45) is 0. The van der Waals surface area contributed by atoms with Crippen LogP contribution in [0.25, 0.3) is 127 Å². The zero-order chi connectivity index (χ0) is 45.4. The predicted molar refractivity (Wildman–Crippen MR) is 291 cm³/mol. The third-order valence-electron chi connectivity index (χ3n) is 14.3. The first kappa shape index (κ1) is 39.0. The van der Waals surface area contributed by atoms with E-state index in [9.17, 15) is 0 Å². The lowest BCUT2D eigenvalue weighted by Gasteiger charge is -2.19. The van der Waals surface area contributed by atoms with E-state index in [-0.39, 0.29) is 0 Å². The Morgan fingerprint density at radius 2 is 0.638 bits per heavy atom. The Morgan fingerprint density at radius 1 is 0.217 bits per heavy atom. The number of fused-ring (bicyclic) bond motifs is 10. The monoisotopic (exact) mass is 877 g/mol. The number of benzene rings is 11. The molecule has 3 heteroatoms. The van der Waals surface area contributed by atoms with Gasteiger partial charge >= 0.3 is 0 Å². The summed E-state index contributed by atoms with van der Waals surface area (Å²) < 4.78 is 7.54. The van der Waals surface area contributed by atoms with Crippen LogP contribution in [-0.4, -0.2) is 13.7 Å². The Balaban J connectivity index is 1.04. The SMILES string of the molecule is c1ccc(-c2ccccc2-n2c3ccccc3c3ccc4c(c5ccccc5n4-c4ccccc4-c4ccc5c6ccccc6n(-c6c(-c7ccccc7)cccc6-c6ccccc6)c5c4)c32)cc1. The number of hydrogen-bond donors (Lipinski definition) is 0. The van der Waals surface area contributed by atoms with Gasteiger partial charge < -0.3 is 13.7 Å². The first-order valence-electron chi connectivity index (χ1n) is 23.8. The summed E-state index contributed by atoms with van der Waals surface area (Å²) in [7, 11) is 0. The van der Waals surface area contributed by atoms with Gasteiger partial charge in [0.1, 0.15) is 0 Å². The van der Waals surface area contributed by atoms with E-state index in [4.69, 9.17) is 0 Å². The minimum absolute atomic E-state index is 1.13. The van der Waals surface area contributed by atoms with Crippen LogP contribution >= 0.6 is 0 Å². The largest absolute Gasteiger partial charge is 0.309 e. The van der Waals surface area contributed by atoms with Crippen LogP contribution in [0, 0.1) is 0 Å². The standard InChI is InChI=1S/C66H43N3/c1-4-21-44(22-5-1)48-27-10-16-35-58(48)68-60-37-18-13-30-53(60)55-41-42-62-64(66(55)68)56-31-14-19-38-61(56)67(62)57-34-15-11-28-49(57)47-39-40-54-52-29-12-17-36-59(52)69(63(54)43-47)65-50(45-23-6-2-7-24-45)32-20-33-51(65)46-25-8-3-9-26-46/h1-43H. The number of para-hydroxylation sites is 6. The van der Waals surface area contributed by atoms with Crippen LogP contribution in [0.5, 0.6) is 0 Å². The fourth-order valence-electron chi connectivity index (χ4n) is 11.3. The van der Waals surface area contributed by atoms with E-state index < -0.39 is 0 Å². The molecule has 0 unspecified atom stereocenters. The van der Waals surface area contributed by atoms with Gasteiger partial charge in [0.2, 0.25) is 0 Å². The van der Waals surface area contributed by atoms with Crippen LogP contribution in [0.2, 0.25) is 0 Å². The lowest BCUT2D eigenvalue weighted by Crippen LogP contribution is -2.01. The van der Waals surface area contributed by atoms with E-state index in [1.165, 1.54) is 93.5 Å². The fraction of sp³-hybridized carbons (Fsp3) is 0. The van der Waals surface area contributed by atoms with Gasteiger partial charge in [-0.1, -0.05) is 218 Å². The van der Waals surface area contributed by atoms with Gasteiger partial charge in [-0.25, -0.2) is 0 Å². The van der Waals surface area contributed by atoms with Crippen molar-refractivity contribution in [1.29, 1.82) is 0 Å². The van der Waals surface area contributed by atoms with Crippen LogP contribution in [0.1, 0.15) is 0 Å². The Kier molecular flexibility index (Phi) is 8.90. The summed E-state index contributed by atoms with van der Waals surface area (Å²) in [6, 6.07) is 95.5. The zero-order valence-electron chi connectivity index (χ0n) is 37.7. The van der Waals surface area contributed by atoms with Crippen LogP contribution in [-0.2, 0) is 0 Å². The van der Waals surface area contributed by atoms with Crippen LogP contribution < -0.4 is 0 Å².